The molecule has 3 rings (SSSR count). The van der Waals surface area contributed by atoms with Crippen LogP contribution in [0.5, 0.6) is 0 Å². The van der Waals surface area contributed by atoms with Gasteiger partial charge in [0, 0.05) is 30.1 Å². The van der Waals surface area contributed by atoms with Gasteiger partial charge in [0.05, 0.1) is 16.8 Å². The third-order valence-electron chi connectivity index (χ3n) is 4.10. The number of aryl methyl sites for hydroxylation is 1. The first-order chi connectivity index (χ1) is 10.9. The zero-order chi connectivity index (χ0) is 16.6. The number of hydrogen-bond donors (Lipinski definition) is 1. The van der Waals surface area contributed by atoms with Crippen LogP contribution < -0.4 is 0 Å². The van der Waals surface area contributed by atoms with Gasteiger partial charge in [0.15, 0.2) is 9.84 Å². The summed E-state index contributed by atoms with van der Waals surface area (Å²) in [5.74, 6) is -0.00537. The number of nitrogens with zero attached hydrogens (tertiary/aromatic N) is 2. The van der Waals surface area contributed by atoms with E-state index in [4.69, 9.17) is 0 Å². The molecule has 1 aliphatic heterocycles. The van der Waals surface area contributed by atoms with Crippen molar-refractivity contribution < 1.29 is 13.2 Å². The number of rotatable bonds is 3. The lowest BCUT2D eigenvalue weighted by Crippen LogP contribution is -2.39. The number of aromatic amines is 1. The van der Waals surface area contributed by atoms with E-state index < -0.39 is 9.84 Å². The molecule has 2 aromatic heterocycles. The molecular formula is C15H19N3O3S2. The second-order valence-electron chi connectivity index (χ2n) is 5.92. The fourth-order valence-electron chi connectivity index (χ4n) is 2.98. The summed E-state index contributed by atoms with van der Waals surface area (Å²) in [5, 5.41) is 6.71. The SMILES string of the molecule is Cc1ccc(C(=O)N2CCC[C@H](c3[nH]ncc3S(C)(=O)=O)C2)s1. The maximum Gasteiger partial charge on any atom is 0.263 e. The molecule has 1 N–H and O–H groups in total. The van der Waals surface area contributed by atoms with Gasteiger partial charge < -0.3 is 4.90 Å². The molecule has 23 heavy (non-hydrogen) atoms. The summed E-state index contributed by atoms with van der Waals surface area (Å²) in [6.07, 6.45) is 4.23. The summed E-state index contributed by atoms with van der Waals surface area (Å²) in [4.78, 5) is 16.5. The lowest BCUT2D eigenvalue weighted by molar-refractivity contribution is 0.0710. The van der Waals surface area contributed by atoms with Crippen LogP contribution in [0.4, 0.5) is 0 Å². The Balaban J connectivity index is 1.82. The van der Waals surface area contributed by atoms with E-state index in [1.165, 1.54) is 23.8 Å². The number of amides is 1. The molecule has 0 unspecified atom stereocenters. The van der Waals surface area contributed by atoms with E-state index in [-0.39, 0.29) is 16.7 Å². The Bertz CT molecular complexity index is 823. The number of piperidine rings is 1. The summed E-state index contributed by atoms with van der Waals surface area (Å²) in [6, 6.07) is 3.79. The molecule has 2 aromatic rings. The number of carbonyl (C=O) groups excluding carboxylic acids is 1. The van der Waals surface area contributed by atoms with Crippen LogP contribution in [-0.2, 0) is 9.84 Å². The predicted octanol–water partition coefficient (Wildman–Crippen LogP) is 2.20. The molecule has 0 bridgehead atoms. The first-order valence-corrected chi connectivity index (χ1v) is 10.2. The van der Waals surface area contributed by atoms with Crippen LogP contribution >= 0.6 is 11.3 Å². The van der Waals surface area contributed by atoms with Crippen molar-refractivity contribution in [3.63, 3.8) is 0 Å². The zero-order valence-electron chi connectivity index (χ0n) is 13.1. The van der Waals surface area contributed by atoms with Gasteiger partial charge in [-0.15, -0.1) is 11.3 Å². The minimum absolute atomic E-state index is 0.0215. The van der Waals surface area contributed by atoms with Gasteiger partial charge in [-0.2, -0.15) is 5.10 Å². The minimum Gasteiger partial charge on any atom is -0.337 e. The van der Waals surface area contributed by atoms with Gasteiger partial charge in [-0.1, -0.05) is 0 Å². The number of carbonyl (C=O) groups is 1. The Labute approximate surface area is 139 Å². The molecule has 1 atom stereocenters. The van der Waals surface area contributed by atoms with Crippen molar-refractivity contribution in [2.45, 2.75) is 30.6 Å². The van der Waals surface area contributed by atoms with E-state index in [1.807, 2.05) is 24.0 Å². The molecular weight excluding hydrogens is 334 g/mol. The number of sulfone groups is 1. The molecule has 0 aromatic carbocycles. The highest BCUT2D eigenvalue weighted by Crippen LogP contribution is 2.31. The van der Waals surface area contributed by atoms with Crippen LogP contribution in [0.3, 0.4) is 0 Å². The molecule has 6 nitrogen and oxygen atoms in total. The third kappa shape index (κ3) is 3.32. The maximum absolute atomic E-state index is 12.6. The molecule has 1 saturated heterocycles. The van der Waals surface area contributed by atoms with Crippen LogP contribution in [0.1, 0.15) is 39.0 Å². The summed E-state index contributed by atoms with van der Waals surface area (Å²) < 4.78 is 23.7. The lowest BCUT2D eigenvalue weighted by Gasteiger charge is -2.32. The summed E-state index contributed by atoms with van der Waals surface area (Å²) in [7, 11) is -3.32. The van der Waals surface area contributed by atoms with Crippen LogP contribution in [0.2, 0.25) is 0 Å². The topological polar surface area (TPSA) is 83.1 Å². The fourth-order valence-corrected chi connectivity index (χ4v) is 4.67. The number of H-pyrrole nitrogens is 1. The van der Waals surface area contributed by atoms with E-state index in [0.29, 0.717) is 18.8 Å². The highest BCUT2D eigenvalue weighted by Gasteiger charge is 2.30. The zero-order valence-corrected chi connectivity index (χ0v) is 14.7. The van der Waals surface area contributed by atoms with Crippen LogP contribution in [-0.4, -0.2) is 48.8 Å². The Kier molecular flexibility index (Phi) is 4.29. The summed E-state index contributed by atoms with van der Waals surface area (Å²) in [6.45, 7) is 3.19. The number of likely N-dealkylation sites (tertiary alicyclic amines) is 1. The molecule has 3 heterocycles. The minimum atomic E-state index is -3.32. The normalized spacial score (nSPS) is 19.0. The molecule has 0 saturated carbocycles. The van der Waals surface area contributed by atoms with Gasteiger partial charge >= 0.3 is 0 Å². The Hall–Kier alpha value is -1.67. The highest BCUT2D eigenvalue weighted by molar-refractivity contribution is 7.90. The van der Waals surface area contributed by atoms with Crippen molar-refractivity contribution >= 4 is 27.1 Å². The van der Waals surface area contributed by atoms with E-state index in [0.717, 1.165) is 22.6 Å². The fraction of sp³-hybridized carbons (Fsp3) is 0.467. The van der Waals surface area contributed by atoms with E-state index >= 15 is 0 Å². The van der Waals surface area contributed by atoms with Crippen molar-refractivity contribution in [1.29, 1.82) is 0 Å². The molecule has 0 spiro atoms. The van der Waals surface area contributed by atoms with Gasteiger partial charge in [0.25, 0.3) is 5.91 Å². The average molecular weight is 353 g/mol. The quantitative estimate of drug-likeness (QED) is 0.917. The first kappa shape index (κ1) is 16.2. The molecule has 1 fully saturated rings. The smallest absolute Gasteiger partial charge is 0.263 e. The number of hydrogen-bond acceptors (Lipinski definition) is 5. The molecule has 8 heteroatoms. The van der Waals surface area contributed by atoms with Crippen molar-refractivity contribution in [3.8, 4) is 0 Å². The summed E-state index contributed by atoms with van der Waals surface area (Å²) in [5.41, 5.74) is 0.618. The standard InChI is InChI=1S/C15H19N3O3S2/c1-10-5-6-12(22-10)15(19)18-7-3-4-11(9-18)14-13(8-16-17-14)23(2,20)21/h5-6,8,11H,3-4,7,9H2,1-2H3,(H,16,17)/t11-/m0/s1. The van der Waals surface area contributed by atoms with E-state index in [1.54, 1.807) is 0 Å². The second-order valence-corrected chi connectivity index (χ2v) is 9.19. The monoisotopic (exact) mass is 353 g/mol. The Morgan fingerprint density at radius 2 is 2.22 bits per heavy atom. The van der Waals surface area contributed by atoms with Crippen molar-refractivity contribution in [2.75, 3.05) is 19.3 Å². The average Bonchev–Trinajstić information content (AvgIpc) is 3.15. The van der Waals surface area contributed by atoms with Gasteiger partial charge in [-0.05, 0) is 31.9 Å². The highest BCUT2D eigenvalue weighted by atomic mass is 32.2. The summed E-state index contributed by atoms with van der Waals surface area (Å²) >= 11 is 1.49. The molecule has 124 valence electrons. The van der Waals surface area contributed by atoms with Gasteiger partial charge in [0.2, 0.25) is 0 Å². The number of thiophene rings is 1. The van der Waals surface area contributed by atoms with E-state index in [9.17, 15) is 13.2 Å². The van der Waals surface area contributed by atoms with Crippen molar-refractivity contribution in [3.05, 3.63) is 33.8 Å². The second kappa shape index (κ2) is 6.09. The number of aromatic nitrogens is 2. The molecule has 1 amide bonds. The van der Waals surface area contributed by atoms with Gasteiger partial charge in [0.1, 0.15) is 4.90 Å². The molecule has 1 aliphatic rings. The third-order valence-corrected chi connectivity index (χ3v) is 6.21. The van der Waals surface area contributed by atoms with Crippen LogP contribution in [0, 0.1) is 6.92 Å². The molecule has 0 radical (unpaired) electrons. The molecule has 0 aliphatic carbocycles. The predicted molar refractivity (Wildman–Crippen MR) is 88.6 cm³/mol. The Morgan fingerprint density at radius 3 is 2.87 bits per heavy atom. The van der Waals surface area contributed by atoms with Crippen molar-refractivity contribution in [1.82, 2.24) is 15.1 Å². The Morgan fingerprint density at radius 1 is 1.43 bits per heavy atom. The first-order valence-electron chi connectivity index (χ1n) is 7.45. The lowest BCUT2D eigenvalue weighted by atomic mass is 9.94. The number of nitrogens with one attached hydrogen (secondary N) is 1. The van der Waals surface area contributed by atoms with Crippen LogP contribution in [0.15, 0.2) is 23.2 Å². The van der Waals surface area contributed by atoms with Gasteiger partial charge in [-0.3, -0.25) is 9.89 Å². The van der Waals surface area contributed by atoms with Crippen LogP contribution in [0.25, 0.3) is 0 Å². The maximum atomic E-state index is 12.6. The largest absolute Gasteiger partial charge is 0.337 e. The van der Waals surface area contributed by atoms with Crippen molar-refractivity contribution in [2.24, 2.45) is 0 Å². The van der Waals surface area contributed by atoms with Gasteiger partial charge in [-0.25, -0.2) is 8.42 Å². The van der Waals surface area contributed by atoms with E-state index in [2.05, 4.69) is 10.2 Å².